The van der Waals surface area contributed by atoms with Crippen LogP contribution >= 0.6 is 11.3 Å². The monoisotopic (exact) mass is 493 g/mol. The molecular weight excluding hydrogens is 474 g/mol. The molecule has 2 aromatic carbocycles. The number of carbonyl (C=O) groups is 3. The molecule has 0 spiro atoms. The smallest absolute Gasteiger partial charge is 0.350 e. The van der Waals surface area contributed by atoms with Crippen molar-refractivity contribution in [1.29, 1.82) is 0 Å². The number of ether oxygens (including phenoxy) is 1. The quantitative estimate of drug-likeness (QED) is 0.135. The van der Waals surface area contributed by atoms with Gasteiger partial charge < -0.3 is 9.84 Å². The predicted molar refractivity (Wildman–Crippen MR) is 127 cm³/mol. The highest BCUT2D eigenvalue weighted by Gasteiger charge is 2.48. The van der Waals surface area contributed by atoms with E-state index in [4.69, 9.17) is 4.74 Å². The molecule has 1 aliphatic rings. The number of esters is 1. The Hall–Kier alpha value is -4.38. The average molecular weight is 493 g/mol. The van der Waals surface area contributed by atoms with Crippen molar-refractivity contribution in [2.24, 2.45) is 0 Å². The van der Waals surface area contributed by atoms with Gasteiger partial charge in [0.15, 0.2) is 5.13 Å². The van der Waals surface area contributed by atoms with Gasteiger partial charge in [-0.05, 0) is 19.4 Å². The van der Waals surface area contributed by atoms with Gasteiger partial charge in [-0.1, -0.05) is 53.8 Å². The molecule has 1 aromatic heterocycles. The normalized spacial score (nSPS) is 17.0. The molecule has 0 saturated carbocycles. The molecule has 0 bridgehead atoms. The van der Waals surface area contributed by atoms with E-state index < -0.39 is 34.4 Å². The van der Waals surface area contributed by atoms with Gasteiger partial charge in [-0.25, -0.2) is 9.78 Å². The molecule has 1 atom stereocenters. The van der Waals surface area contributed by atoms with Crippen LogP contribution in [-0.2, 0) is 14.3 Å². The molecular formula is C24H19N3O7S. The molecule has 4 rings (SSSR count). The molecule has 1 saturated heterocycles. The van der Waals surface area contributed by atoms with E-state index in [0.29, 0.717) is 11.3 Å². The summed E-state index contributed by atoms with van der Waals surface area (Å²) in [7, 11) is 0. The Morgan fingerprint density at radius 1 is 1.20 bits per heavy atom. The third kappa shape index (κ3) is 4.28. The Morgan fingerprint density at radius 2 is 1.91 bits per heavy atom. The molecule has 1 N–H and O–H groups in total. The molecule has 3 aromatic rings. The summed E-state index contributed by atoms with van der Waals surface area (Å²) >= 11 is 0.858. The molecule has 1 amide bonds. The van der Waals surface area contributed by atoms with Gasteiger partial charge in [0.1, 0.15) is 10.6 Å². The maximum atomic E-state index is 13.2. The van der Waals surface area contributed by atoms with Crippen molar-refractivity contribution >= 4 is 45.6 Å². The number of nitro groups is 1. The molecule has 2 heterocycles. The van der Waals surface area contributed by atoms with Crippen LogP contribution < -0.4 is 4.90 Å². The zero-order chi connectivity index (χ0) is 25.3. The molecule has 35 heavy (non-hydrogen) atoms. The number of hydrogen-bond acceptors (Lipinski definition) is 9. The van der Waals surface area contributed by atoms with Crippen molar-refractivity contribution in [3.63, 3.8) is 0 Å². The largest absolute Gasteiger partial charge is 0.507 e. The highest BCUT2D eigenvalue weighted by Crippen LogP contribution is 2.44. The molecule has 0 unspecified atom stereocenters. The van der Waals surface area contributed by atoms with Gasteiger partial charge in [-0.2, -0.15) is 0 Å². The van der Waals surface area contributed by atoms with Crippen LogP contribution in [0, 0.1) is 17.0 Å². The second-order valence-electron chi connectivity index (χ2n) is 7.52. The number of Topliss-reactive ketones (excluding diaryl/α,β-unsaturated/α-hetero) is 1. The van der Waals surface area contributed by atoms with Crippen LogP contribution in [0.5, 0.6) is 0 Å². The lowest BCUT2D eigenvalue weighted by atomic mass is 9.95. The van der Waals surface area contributed by atoms with Gasteiger partial charge in [0, 0.05) is 17.7 Å². The maximum Gasteiger partial charge on any atom is 0.350 e. The van der Waals surface area contributed by atoms with Gasteiger partial charge >= 0.3 is 11.9 Å². The number of nitro benzene ring substituents is 1. The van der Waals surface area contributed by atoms with E-state index in [9.17, 15) is 29.6 Å². The van der Waals surface area contributed by atoms with Crippen LogP contribution in [0.4, 0.5) is 10.8 Å². The van der Waals surface area contributed by atoms with Gasteiger partial charge in [-0.3, -0.25) is 24.6 Å². The Morgan fingerprint density at radius 3 is 2.57 bits per heavy atom. The first kappa shape index (κ1) is 23.8. The first-order chi connectivity index (χ1) is 16.7. The van der Waals surface area contributed by atoms with Crippen molar-refractivity contribution in [2.45, 2.75) is 19.9 Å². The predicted octanol–water partition coefficient (Wildman–Crippen LogP) is 4.16. The fraction of sp³-hybridized carbons (Fsp3) is 0.167. The standard InChI is InChI=1S/C24H19N3O7S/c1-3-34-23(31)21-13(2)25-24(35-21)26-18(15-10-7-11-16(12-15)27(32)33)17(20(29)22(26)30)19(28)14-8-5-4-6-9-14/h4-12,18,28H,3H2,1-2H3/t18-/m0/s1. The van der Waals surface area contributed by atoms with Crippen LogP contribution in [0.25, 0.3) is 5.76 Å². The molecule has 0 radical (unpaired) electrons. The maximum absolute atomic E-state index is 13.2. The van der Waals surface area contributed by atoms with Gasteiger partial charge in [0.25, 0.3) is 11.5 Å². The fourth-order valence-electron chi connectivity index (χ4n) is 3.78. The number of aromatic nitrogens is 1. The Labute approximate surface area is 203 Å². The Kier molecular flexibility index (Phi) is 6.43. The van der Waals surface area contributed by atoms with Crippen LogP contribution in [0.15, 0.2) is 60.2 Å². The number of benzene rings is 2. The number of hydrogen-bond donors (Lipinski definition) is 1. The minimum absolute atomic E-state index is 0.0243. The number of nitrogens with zero attached hydrogens (tertiary/aromatic N) is 3. The van der Waals surface area contributed by atoms with E-state index in [2.05, 4.69) is 4.98 Å². The summed E-state index contributed by atoms with van der Waals surface area (Å²) < 4.78 is 5.04. The minimum atomic E-state index is -1.21. The van der Waals surface area contributed by atoms with Crippen LogP contribution in [0.2, 0.25) is 0 Å². The Bertz CT molecular complexity index is 1380. The summed E-state index contributed by atoms with van der Waals surface area (Å²) in [5, 5.41) is 22.5. The minimum Gasteiger partial charge on any atom is -0.507 e. The van der Waals surface area contributed by atoms with E-state index >= 15 is 0 Å². The van der Waals surface area contributed by atoms with Crippen molar-refractivity contribution < 1.29 is 29.2 Å². The van der Waals surface area contributed by atoms with Gasteiger partial charge in [0.2, 0.25) is 0 Å². The number of carbonyl (C=O) groups excluding carboxylic acids is 3. The number of anilines is 1. The molecule has 0 aliphatic carbocycles. The second kappa shape index (κ2) is 9.47. The lowest BCUT2D eigenvalue weighted by Gasteiger charge is -2.22. The number of aliphatic hydroxyl groups excluding tert-OH is 1. The van der Waals surface area contributed by atoms with E-state index in [0.717, 1.165) is 16.2 Å². The number of non-ortho nitro benzene ring substituents is 1. The highest BCUT2D eigenvalue weighted by molar-refractivity contribution is 7.17. The summed E-state index contributed by atoms with van der Waals surface area (Å²) in [4.78, 5) is 55.0. The van der Waals surface area contributed by atoms with Gasteiger partial charge in [0.05, 0.1) is 28.8 Å². The summed E-state index contributed by atoms with van der Waals surface area (Å²) in [6, 6.07) is 12.4. The fourth-order valence-corrected chi connectivity index (χ4v) is 4.76. The number of aliphatic hydroxyl groups is 1. The van der Waals surface area contributed by atoms with Crippen molar-refractivity contribution in [2.75, 3.05) is 11.5 Å². The summed E-state index contributed by atoms with van der Waals surface area (Å²) in [6.45, 7) is 3.36. The zero-order valence-corrected chi connectivity index (χ0v) is 19.4. The van der Waals surface area contributed by atoms with Crippen molar-refractivity contribution in [3.05, 3.63) is 92.0 Å². The number of aryl methyl sites for hydroxylation is 1. The molecule has 178 valence electrons. The lowest BCUT2D eigenvalue weighted by molar-refractivity contribution is -0.384. The Balaban J connectivity index is 1.94. The SMILES string of the molecule is CCOC(=O)c1sc(N2C(=O)C(=O)C(=C(O)c3ccccc3)[C@@H]2c2cccc([N+](=O)[O-])c2)nc1C. The summed E-state index contributed by atoms with van der Waals surface area (Å²) in [6.07, 6.45) is 0. The number of amides is 1. The first-order valence-electron chi connectivity index (χ1n) is 10.5. The molecule has 10 nitrogen and oxygen atoms in total. The second-order valence-corrected chi connectivity index (χ2v) is 8.50. The zero-order valence-electron chi connectivity index (χ0n) is 18.6. The molecule has 1 aliphatic heterocycles. The van der Waals surface area contributed by atoms with Crippen LogP contribution in [0.3, 0.4) is 0 Å². The lowest BCUT2D eigenvalue weighted by Crippen LogP contribution is -2.29. The number of rotatable bonds is 6. The van der Waals surface area contributed by atoms with Crippen molar-refractivity contribution in [1.82, 2.24) is 4.98 Å². The average Bonchev–Trinajstić information content (AvgIpc) is 3.36. The number of ketones is 1. The topological polar surface area (TPSA) is 140 Å². The summed E-state index contributed by atoms with van der Waals surface area (Å²) in [5.41, 5.74) is 0.318. The highest BCUT2D eigenvalue weighted by atomic mass is 32.1. The third-order valence-corrected chi connectivity index (χ3v) is 6.48. The van der Waals surface area contributed by atoms with E-state index in [1.165, 1.54) is 24.3 Å². The van der Waals surface area contributed by atoms with E-state index in [1.54, 1.807) is 44.2 Å². The molecule has 11 heteroatoms. The molecule has 1 fully saturated rings. The summed E-state index contributed by atoms with van der Waals surface area (Å²) in [5.74, 6) is -3.01. The number of thiazole rings is 1. The third-order valence-electron chi connectivity index (χ3n) is 5.34. The van der Waals surface area contributed by atoms with Crippen molar-refractivity contribution in [3.8, 4) is 0 Å². The van der Waals surface area contributed by atoms with E-state index in [-0.39, 0.29) is 33.4 Å². The van der Waals surface area contributed by atoms with Crippen LogP contribution in [-0.4, -0.2) is 39.3 Å². The van der Waals surface area contributed by atoms with E-state index in [1.807, 2.05) is 0 Å². The van der Waals surface area contributed by atoms with Crippen LogP contribution in [0.1, 0.15) is 39.5 Å². The first-order valence-corrected chi connectivity index (χ1v) is 11.3. The van der Waals surface area contributed by atoms with Gasteiger partial charge in [-0.15, -0.1) is 0 Å².